The zero-order chi connectivity index (χ0) is 32.8. The Morgan fingerprint density at radius 3 is 2.51 bits per heavy atom. The van der Waals surface area contributed by atoms with Crippen LogP contribution in [0.15, 0.2) is 54.6 Å². The van der Waals surface area contributed by atoms with Crippen LogP contribution in [-0.2, 0) is 30.4 Å². The van der Waals surface area contributed by atoms with Gasteiger partial charge in [0.25, 0.3) is 17.7 Å². The van der Waals surface area contributed by atoms with Crippen molar-refractivity contribution >= 4 is 11.8 Å². The maximum Gasteiger partial charge on any atom is 0.573 e. The quantitative estimate of drug-likeness (QED) is 0.207. The van der Waals surface area contributed by atoms with Crippen LogP contribution in [0.5, 0.6) is 5.75 Å². The lowest BCUT2D eigenvalue weighted by atomic mass is 10.2. The van der Waals surface area contributed by atoms with Gasteiger partial charge in [0.05, 0.1) is 12.7 Å². The molecular weight excluding hydrogens is 619 g/mol. The lowest BCUT2D eigenvalue weighted by molar-refractivity contribution is -0.274. The van der Waals surface area contributed by atoms with Crippen LogP contribution in [0.4, 0.5) is 30.7 Å². The SMILES string of the molecule is CC(F)(F)c1ccc(CNC(=O)C2=CN(CCC(F)Cn3cc(C(=O)NCc4cc(OC(F)(F)F)ccc4F)nn3)NN2)cn1. The maximum absolute atomic E-state index is 14.6. The molecule has 0 saturated heterocycles. The van der Waals surface area contributed by atoms with E-state index in [2.05, 4.69) is 41.6 Å². The minimum atomic E-state index is -4.97. The maximum atomic E-state index is 14.6. The van der Waals surface area contributed by atoms with Crippen LogP contribution in [0.1, 0.15) is 40.7 Å². The molecule has 4 N–H and O–H groups in total. The average Bonchev–Trinajstić information content (AvgIpc) is 3.64. The van der Waals surface area contributed by atoms with Gasteiger partial charge in [-0.25, -0.2) is 13.5 Å². The zero-order valence-corrected chi connectivity index (χ0v) is 23.3. The monoisotopic (exact) mass is 645 g/mol. The van der Waals surface area contributed by atoms with Gasteiger partial charge in [-0.1, -0.05) is 11.3 Å². The van der Waals surface area contributed by atoms with E-state index in [1.54, 1.807) is 0 Å². The predicted octanol–water partition coefficient (Wildman–Crippen LogP) is 2.96. The lowest BCUT2D eigenvalue weighted by Gasteiger charge is -2.16. The fourth-order valence-electron chi connectivity index (χ4n) is 3.87. The third-order valence-corrected chi connectivity index (χ3v) is 6.12. The number of rotatable bonds is 13. The van der Waals surface area contributed by atoms with Crippen LogP contribution in [0.2, 0.25) is 0 Å². The first-order valence-corrected chi connectivity index (χ1v) is 13.1. The molecule has 0 radical (unpaired) electrons. The molecule has 0 bridgehead atoms. The largest absolute Gasteiger partial charge is 0.573 e. The van der Waals surface area contributed by atoms with E-state index in [4.69, 9.17) is 0 Å². The van der Waals surface area contributed by atoms with Crippen molar-refractivity contribution in [1.82, 2.24) is 46.6 Å². The number of nitrogens with one attached hydrogen (secondary N) is 4. The Hall–Kier alpha value is -4.94. The van der Waals surface area contributed by atoms with E-state index in [9.17, 15) is 40.3 Å². The smallest absolute Gasteiger partial charge is 0.406 e. The number of amides is 2. The van der Waals surface area contributed by atoms with Crippen molar-refractivity contribution in [3.8, 4) is 5.75 Å². The molecule has 3 aromatic rings. The first-order valence-electron chi connectivity index (χ1n) is 13.1. The minimum absolute atomic E-state index is 0.0306. The van der Waals surface area contributed by atoms with Gasteiger partial charge in [-0.3, -0.25) is 25.0 Å². The van der Waals surface area contributed by atoms with Crippen LogP contribution < -0.4 is 26.3 Å². The van der Waals surface area contributed by atoms with E-state index in [1.807, 2.05) is 0 Å². The lowest BCUT2D eigenvalue weighted by Crippen LogP contribution is -2.40. The van der Waals surface area contributed by atoms with Crippen molar-refractivity contribution < 1.29 is 45.1 Å². The van der Waals surface area contributed by atoms with Gasteiger partial charge in [0.1, 0.15) is 29.1 Å². The van der Waals surface area contributed by atoms with Crippen molar-refractivity contribution in [2.24, 2.45) is 0 Å². The number of hydrogen-bond acceptors (Lipinski definition) is 9. The summed E-state index contributed by atoms with van der Waals surface area (Å²) in [5.41, 5.74) is 5.06. The van der Waals surface area contributed by atoms with Gasteiger partial charge in [0, 0.05) is 44.5 Å². The number of carbonyl (C=O) groups is 2. The molecule has 0 aliphatic carbocycles. The highest BCUT2D eigenvalue weighted by atomic mass is 19.4. The fourth-order valence-corrected chi connectivity index (χ4v) is 3.87. The van der Waals surface area contributed by atoms with Gasteiger partial charge in [-0.05, 0) is 36.2 Å². The molecule has 45 heavy (non-hydrogen) atoms. The Morgan fingerprint density at radius 2 is 1.82 bits per heavy atom. The van der Waals surface area contributed by atoms with E-state index in [0.717, 1.165) is 36.0 Å². The van der Waals surface area contributed by atoms with Crippen LogP contribution in [-0.4, -0.2) is 55.9 Å². The van der Waals surface area contributed by atoms with Gasteiger partial charge in [0.2, 0.25) is 0 Å². The Morgan fingerprint density at radius 1 is 1.07 bits per heavy atom. The van der Waals surface area contributed by atoms with Gasteiger partial charge in [-0.2, -0.15) is 8.78 Å². The normalized spacial score (nSPS) is 14.0. The van der Waals surface area contributed by atoms with Gasteiger partial charge in [0.15, 0.2) is 5.69 Å². The summed E-state index contributed by atoms with van der Waals surface area (Å²) in [5, 5.41) is 13.6. The van der Waals surface area contributed by atoms with Crippen LogP contribution in [0.25, 0.3) is 0 Å². The summed E-state index contributed by atoms with van der Waals surface area (Å²) < 4.78 is 97.2. The van der Waals surface area contributed by atoms with Crippen LogP contribution in [0.3, 0.4) is 0 Å². The number of nitrogens with zero attached hydrogens (tertiary/aromatic N) is 5. The second-order valence-electron chi connectivity index (χ2n) is 9.79. The van der Waals surface area contributed by atoms with Crippen LogP contribution in [0, 0.1) is 5.82 Å². The van der Waals surface area contributed by atoms with Crippen molar-refractivity contribution in [3.05, 3.63) is 83.0 Å². The summed E-state index contributed by atoms with van der Waals surface area (Å²) >= 11 is 0. The summed E-state index contributed by atoms with van der Waals surface area (Å²) in [6.45, 7) is 0.125. The van der Waals surface area contributed by atoms with E-state index in [-0.39, 0.29) is 43.0 Å². The predicted molar refractivity (Wildman–Crippen MR) is 141 cm³/mol. The highest BCUT2D eigenvalue weighted by Crippen LogP contribution is 2.25. The highest BCUT2D eigenvalue weighted by molar-refractivity contribution is 5.93. The minimum Gasteiger partial charge on any atom is -0.406 e. The number of carbonyl (C=O) groups excluding carboxylic acids is 2. The molecule has 1 aliphatic rings. The standard InChI is InChI=1S/C26H26F7N9O3/c1-25(29,30)22-5-2-15(9-34-22)10-35-23(43)20-13-41(39-37-20)7-6-17(27)12-42-14-21(38-40-42)24(44)36-11-16-8-18(3-4-19(16)28)45-26(31,32)33/h2-5,8-9,13-14,17,37,39H,6-7,10-12H2,1H3,(H,35,43)(H,36,44). The molecule has 1 aliphatic heterocycles. The topological polar surface area (TPSA) is 138 Å². The molecule has 19 heteroatoms. The van der Waals surface area contributed by atoms with Crippen molar-refractivity contribution in [2.75, 3.05) is 6.54 Å². The van der Waals surface area contributed by atoms with E-state index in [0.29, 0.717) is 5.56 Å². The van der Waals surface area contributed by atoms with Crippen LogP contribution >= 0.6 is 0 Å². The molecule has 2 aromatic heterocycles. The number of benzene rings is 1. The van der Waals surface area contributed by atoms with Gasteiger partial charge < -0.3 is 15.4 Å². The molecule has 12 nitrogen and oxygen atoms in total. The third-order valence-electron chi connectivity index (χ3n) is 6.12. The van der Waals surface area contributed by atoms with Crippen molar-refractivity contribution in [2.45, 2.75) is 51.4 Å². The molecule has 1 atom stereocenters. The second kappa shape index (κ2) is 13.8. The first-order chi connectivity index (χ1) is 21.2. The van der Waals surface area contributed by atoms with Crippen molar-refractivity contribution in [1.29, 1.82) is 0 Å². The fraction of sp³-hybridized carbons (Fsp3) is 0.346. The van der Waals surface area contributed by atoms with Gasteiger partial charge in [-0.15, -0.1) is 23.8 Å². The van der Waals surface area contributed by atoms with E-state index in [1.165, 1.54) is 29.5 Å². The summed E-state index contributed by atoms with van der Waals surface area (Å²) in [4.78, 5) is 28.4. The van der Waals surface area contributed by atoms with Crippen molar-refractivity contribution in [3.63, 3.8) is 0 Å². The number of halogens is 7. The summed E-state index contributed by atoms with van der Waals surface area (Å²) in [6.07, 6.45) is -2.66. The Labute approximate surface area is 250 Å². The average molecular weight is 646 g/mol. The number of pyridine rings is 1. The molecule has 0 saturated carbocycles. The second-order valence-corrected chi connectivity index (χ2v) is 9.79. The van der Waals surface area contributed by atoms with Gasteiger partial charge >= 0.3 is 6.36 Å². The molecule has 0 fully saturated rings. The molecule has 1 aromatic carbocycles. The van der Waals surface area contributed by atoms with E-state index >= 15 is 0 Å². The zero-order valence-electron chi connectivity index (χ0n) is 23.3. The number of alkyl halides is 6. The summed E-state index contributed by atoms with van der Waals surface area (Å²) in [6, 6.07) is 4.94. The third kappa shape index (κ3) is 9.78. The molecule has 4 rings (SSSR count). The number of hydrogen-bond donors (Lipinski definition) is 4. The summed E-state index contributed by atoms with van der Waals surface area (Å²) in [5.74, 6) is -5.94. The number of ether oxygens (including phenoxy) is 1. The first kappa shape index (κ1) is 33.0. The molecule has 3 heterocycles. The van der Waals surface area contributed by atoms with E-state index < -0.39 is 54.1 Å². The highest BCUT2D eigenvalue weighted by Gasteiger charge is 2.31. The molecule has 1 unspecified atom stereocenters. The number of aromatic nitrogens is 4. The Kier molecular flexibility index (Phi) is 10.1. The molecule has 242 valence electrons. The number of hydrazine groups is 2. The summed E-state index contributed by atoms with van der Waals surface area (Å²) in [7, 11) is 0. The Bertz CT molecular complexity index is 1530. The molecular formula is C26H26F7N9O3. The molecule has 2 amide bonds. The molecule has 0 spiro atoms. The Balaban J connectivity index is 1.19.